The van der Waals surface area contributed by atoms with E-state index < -0.39 is 5.91 Å². The molecule has 0 unspecified atom stereocenters. The van der Waals surface area contributed by atoms with Gasteiger partial charge in [0.25, 0.3) is 11.6 Å². The van der Waals surface area contributed by atoms with Crippen LogP contribution < -0.4 is 21.6 Å². The molecule has 7 nitrogen and oxygen atoms in total. The zero-order valence-electron chi connectivity index (χ0n) is 13.9. The van der Waals surface area contributed by atoms with E-state index in [1.807, 2.05) is 32.9 Å². The highest BCUT2D eigenvalue weighted by atomic mass is 16.1. The smallest absolute Gasteiger partial charge is 0.325 e. The average molecular weight is 326 g/mol. The SMILES string of the molecule is CC[C@@H](C)Nc1nc2[nH+]c3ccc(C)cn3c(=O)c2cc1C(N)=O. The van der Waals surface area contributed by atoms with Crippen LogP contribution in [-0.2, 0) is 0 Å². The summed E-state index contributed by atoms with van der Waals surface area (Å²) in [7, 11) is 0. The van der Waals surface area contributed by atoms with Gasteiger partial charge in [0.15, 0.2) is 0 Å². The molecule has 3 rings (SSSR count). The second kappa shape index (κ2) is 5.92. The first-order valence-electron chi connectivity index (χ1n) is 7.86. The molecule has 0 saturated heterocycles. The maximum absolute atomic E-state index is 12.7. The first-order valence-corrected chi connectivity index (χ1v) is 7.86. The molecule has 124 valence electrons. The summed E-state index contributed by atoms with van der Waals surface area (Å²) in [5, 5.41) is 3.49. The maximum atomic E-state index is 12.7. The Bertz CT molecular complexity index is 1010. The van der Waals surface area contributed by atoms with Gasteiger partial charge in [-0.05, 0) is 38.0 Å². The van der Waals surface area contributed by atoms with E-state index in [1.165, 1.54) is 10.5 Å². The Kier molecular flexibility index (Phi) is 3.92. The zero-order chi connectivity index (χ0) is 17.4. The highest BCUT2D eigenvalue weighted by Gasteiger charge is 2.21. The summed E-state index contributed by atoms with van der Waals surface area (Å²) in [6, 6.07) is 5.36. The topological polar surface area (TPSA) is 104 Å². The summed E-state index contributed by atoms with van der Waals surface area (Å²) < 4.78 is 1.51. The van der Waals surface area contributed by atoms with Gasteiger partial charge in [0, 0.05) is 12.1 Å². The van der Waals surface area contributed by atoms with Crippen molar-refractivity contribution in [3.63, 3.8) is 0 Å². The van der Waals surface area contributed by atoms with E-state index in [-0.39, 0.29) is 17.2 Å². The highest BCUT2D eigenvalue weighted by molar-refractivity contribution is 6.00. The molecule has 3 aromatic heterocycles. The number of fused-ring (bicyclic) bond motifs is 2. The first kappa shape index (κ1) is 15.9. The van der Waals surface area contributed by atoms with Gasteiger partial charge in [-0.1, -0.05) is 11.9 Å². The van der Waals surface area contributed by atoms with Crippen LogP contribution in [0.15, 0.2) is 29.2 Å². The Balaban J connectivity index is 2.33. The number of aryl methyl sites for hydroxylation is 1. The average Bonchev–Trinajstić information content (AvgIpc) is 2.55. The second-order valence-corrected chi connectivity index (χ2v) is 5.99. The third kappa shape index (κ3) is 2.68. The number of nitrogens with two attached hydrogens (primary N) is 1. The van der Waals surface area contributed by atoms with Gasteiger partial charge < -0.3 is 11.1 Å². The number of H-pyrrole nitrogens is 1. The van der Waals surface area contributed by atoms with Crippen molar-refractivity contribution in [1.82, 2.24) is 9.38 Å². The van der Waals surface area contributed by atoms with Gasteiger partial charge in [0.2, 0.25) is 11.5 Å². The van der Waals surface area contributed by atoms with Crippen LogP contribution >= 0.6 is 0 Å². The van der Waals surface area contributed by atoms with Crippen molar-refractivity contribution in [1.29, 1.82) is 0 Å². The predicted molar refractivity (Wildman–Crippen MR) is 92.2 cm³/mol. The Morgan fingerprint density at radius 2 is 2.21 bits per heavy atom. The number of pyridine rings is 2. The van der Waals surface area contributed by atoms with E-state index in [0.717, 1.165) is 12.0 Å². The number of nitrogens with zero attached hydrogens (tertiary/aromatic N) is 2. The molecule has 0 aliphatic carbocycles. The van der Waals surface area contributed by atoms with Crippen LogP contribution in [0.3, 0.4) is 0 Å². The zero-order valence-corrected chi connectivity index (χ0v) is 13.9. The van der Waals surface area contributed by atoms with Crippen molar-refractivity contribution in [3.05, 3.63) is 45.9 Å². The van der Waals surface area contributed by atoms with E-state index in [9.17, 15) is 9.59 Å². The van der Waals surface area contributed by atoms with Gasteiger partial charge in [-0.3, -0.25) is 4.79 Å². The number of rotatable bonds is 4. The molecule has 0 fully saturated rings. The molecule has 24 heavy (non-hydrogen) atoms. The fraction of sp³-hybridized carbons (Fsp3) is 0.294. The molecule has 3 aromatic rings. The van der Waals surface area contributed by atoms with Crippen molar-refractivity contribution < 1.29 is 9.78 Å². The van der Waals surface area contributed by atoms with Crippen molar-refractivity contribution >= 4 is 28.4 Å². The van der Waals surface area contributed by atoms with E-state index in [2.05, 4.69) is 15.3 Å². The van der Waals surface area contributed by atoms with E-state index in [4.69, 9.17) is 5.73 Å². The van der Waals surface area contributed by atoms with Gasteiger partial charge in [0.1, 0.15) is 5.39 Å². The van der Waals surface area contributed by atoms with Crippen molar-refractivity contribution in [2.75, 3.05) is 5.32 Å². The van der Waals surface area contributed by atoms with Gasteiger partial charge in [0.05, 0.1) is 11.8 Å². The number of primary amides is 1. The van der Waals surface area contributed by atoms with Crippen LogP contribution in [0.1, 0.15) is 36.2 Å². The van der Waals surface area contributed by atoms with Gasteiger partial charge in [-0.25, -0.2) is 9.78 Å². The van der Waals surface area contributed by atoms with Crippen molar-refractivity contribution in [2.24, 2.45) is 5.73 Å². The summed E-state index contributed by atoms with van der Waals surface area (Å²) in [6.45, 7) is 5.91. The molecule has 4 N–H and O–H groups in total. The number of anilines is 1. The van der Waals surface area contributed by atoms with E-state index in [1.54, 1.807) is 6.20 Å². The Labute approximate surface area is 138 Å². The van der Waals surface area contributed by atoms with Gasteiger partial charge >= 0.3 is 5.56 Å². The summed E-state index contributed by atoms with van der Waals surface area (Å²) in [4.78, 5) is 32.1. The third-order valence-corrected chi connectivity index (χ3v) is 4.08. The molecule has 0 radical (unpaired) electrons. The molecule has 0 aliphatic heterocycles. The Hall–Kier alpha value is -2.96. The van der Waals surface area contributed by atoms with Crippen LogP contribution in [0.2, 0.25) is 0 Å². The monoisotopic (exact) mass is 326 g/mol. The minimum atomic E-state index is -0.621. The molecule has 0 aromatic carbocycles. The molecule has 0 saturated carbocycles. The van der Waals surface area contributed by atoms with E-state index >= 15 is 0 Å². The Morgan fingerprint density at radius 1 is 1.46 bits per heavy atom. The first-order chi connectivity index (χ1) is 11.4. The molecule has 7 heteroatoms. The number of amides is 1. The van der Waals surface area contributed by atoms with Crippen molar-refractivity contribution in [2.45, 2.75) is 33.2 Å². The van der Waals surface area contributed by atoms with Gasteiger partial charge in [-0.2, -0.15) is 4.40 Å². The fourth-order valence-corrected chi connectivity index (χ4v) is 2.53. The largest absolute Gasteiger partial charge is 0.365 e. The number of carbonyl (C=O) groups is 1. The molecule has 0 spiro atoms. The fourth-order valence-electron chi connectivity index (χ4n) is 2.53. The lowest BCUT2D eigenvalue weighted by Gasteiger charge is -2.12. The molecule has 3 heterocycles. The lowest BCUT2D eigenvalue weighted by Crippen LogP contribution is -2.27. The lowest BCUT2D eigenvalue weighted by atomic mass is 10.1. The van der Waals surface area contributed by atoms with Gasteiger partial charge in [-0.15, -0.1) is 0 Å². The lowest BCUT2D eigenvalue weighted by molar-refractivity contribution is -0.319. The number of hydrogen-bond donors (Lipinski definition) is 2. The van der Waals surface area contributed by atoms with Crippen LogP contribution in [0, 0.1) is 6.92 Å². The number of aromatic nitrogens is 3. The normalized spacial score (nSPS) is 12.5. The third-order valence-electron chi connectivity index (χ3n) is 4.08. The van der Waals surface area contributed by atoms with E-state index in [0.29, 0.717) is 22.5 Å². The van der Waals surface area contributed by atoms with Crippen molar-refractivity contribution in [3.8, 4) is 0 Å². The predicted octanol–water partition coefficient (Wildman–Crippen LogP) is 1.28. The summed E-state index contributed by atoms with van der Waals surface area (Å²) in [5.74, 6) is -0.236. The maximum Gasteiger partial charge on any atom is 0.325 e. The molecule has 0 aliphatic rings. The molecular formula is C17H20N5O2+. The molecular weight excluding hydrogens is 306 g/mol. The quantitative estimate of drug-likeness (QED) is 0.705. The second-order valence-electron chi connectivity index (χ2n) is 5.99. The Morgan fingerprint density at radius 3 is 2.88 bits per heavy atom. The minimum Gasteiger partial charge on any atom is -0.365 e. The summed E-state index contributed by atoms with van der Waals surface area (Å²) in [5.41, 5.74) is 7.44. The highest BCUT2D eigenvalue weighted by Crippen LogP contribution is 2.17. The number of carbonyl (C=O) groups excluding carboxylic acids is 1. The minimum absolute atomic E-state index is 0.122. The molecule has 1 amide bonds. The molecule has 1 atom stereocenters. The number of nitrogens with one attached hydrogen (secondary N) is 2. The summed E-state index contributed by atoms with van der Waals surface area (Å²) in [6.07, 6.45) is 2.60. The van der Waals surface area contributed by atoms with Crippen LogP contribution in [0.25, 0.3) is 16.7 Å². The molecule has 0 bridgehead atoms. The van der Waals surface area contributed by atoms with Crippen LogP contribution in [0.4, 0.5) is 5.82 Å². The van der Waals surface area contributed by atoms with Crippen LogP contribution in [0.5, 0.6) is 0 Å². The number of aromatic amines is 1. The van der Waals surface area contributed by atoms with Crippen LogP contribution in [-0.4, -0.2) is 21.3 Å². The summed E-state index contributed by atoms with van der Waals surface area (Å²) >= 11 is 0. The standard InChI is InChI=1S/C17H19N5O2/c1-4-10(3)19-15-11(14(18)23)7-12-16(21-15)20-13-6-5-9(2)8-22(13)17(12)24/h5-8,10H,4H2,1-3H3,(H2,18,23)(H,19,21)/p+1/t10-/m1/s1. The number of hydrogen-bond acceptors (Lipinski definition) is 4.